The summed E-state index contributed by atoms with van der Waals surface area (Å²) in [6.07, 6.45) is 4.40. The number of nitrogens with one attached hydrogen (secondary N) is 2. The largest absolute Gasteiger partial charge is 0.496 e. The number of benzene rings is 1. The normalized spacial score (nSPS) is 13.5. The van der Waals surface area contributed by atoms with Crippen molar-refractivity contribution < 1.29 is 9.47 Å². The molecule has 0 unspecified atom stereocenters. The first-order valence-corrected chi connectivity index (χ1v) is 8.92. The third kappa shape index (κ3) is 6.89. The van der Waals surface area contributed by atoms with Gasteiger partial charge in [0.2, 0.25) is 5.88 Å². The Kier molecular flexibility index (Phi) is 8.63. The van der Waals surface area contributed by atoms with Crippen LogP contribution in [0.3, 0.4) is 0 Å². The number of hydrogen-bond acceptors (Lipinski definition) is 4. The number of pyridine rings is 1. The second-order valence-corrected chi connectivity index (χ2v) is 6.35. The fourth-order valence-corrected chi connectivity index (χ4v) is 2.52. The molecule has 2 N–H and O–H groups in total. The number of methoxy groups -OCH3 is 1. The molecule has 0 bridgehead atoms. The van der Waals surface area contributed by atoms with E-state index in [9.17, 15) is 0 Å². The zero-order valence-electron chi connectivity index (χ0n) is 15.8. The average Bonchev–Trinajstić information content (AvgIpc) is 3.52. The van der Waals surface area contributed by atoms with Crippen LogP contribution in [0.5, 0.6) is 11.6 Å². The van der Waals surface area contributed by atoms with Crippen molar-refractivity contribution in [3.8, 4) is 11.6 Å². The fraction of sp³-hybridized carbons (Fsp3) is 0.400. The number of halogens is 1. The molecular formula is C20H27IN4O2. The summed E-state index contributed by atoms with van der Waals surface area (Å²) in [5.41, 5.74) is 2.15. The van der Waals surface area contributed by atoms with E-state index in [0.29, 0.717) is 19.0 Å². The van der Waals surface area contributed by atoms with Gasteiger partial charge < -0.3 is 20.1 Å². The smallest absolute Gasteiger partial charge is 0.213 e. The molecule has 1 heterocycles. The van der Waals surface area contributed by atoms with E-state index < -0.39 is 0 Å². The highest BCUT2D eigenvalue weighted by atomic mass is 127. The van der Waals surface area contributed by atoms with Gasteiger partial charge in [0.1, 0.15) is 5.75 Å². The molecule has 1 aliphatic carbocycles. The van der Waals surface area contributed by atoms with Crippen LogP contribution in [-0.2, 0) is 13.1 Å². The summed E-state index contributed by atoms with van der Waals surface area (Å²) >= 11 is 0. The summed E-state index contributed by atoms with van der Waals surface area (Å²) < 4.78 is 11.0. The van der Waals surface area contributed by atoms with Gasteiger partial charge in [-0.25, -0.2) is 4.98 Å². The molecule has 0 atom stereocenters. The monoisotopic (exact) mass is 482 g/mol. The van der Waals surface area contributed by atoms with Gasteiger partial charge in [-0.1, -0.05) is 24.3 Å². The lowest BCUT2D eigenvalue weighted by molar-refractivity contribution is 0.288. The van der Waals surface area contributed by atoms with Crippen molar-refractivity contribution in [1.29, 1.82) is 0 Å². The first kappa shape index (κ1) is 21.3. The second kappa shape index (κ2) is 11.0. The van der Waals surface area contributed by atoms with Crippen molar-refractivity contribution in [2.45, 2.75) is 25.9 Å². The van der Waals surface area contributed by atoms with Crippen LogP contribution in [0.4, 0.5) is 0 Å². The maximum absolute atomic E-state index is 5.66. The Balaban J connectivity index is 0.00000261. The summed E-state index contributed by atoms with van der Waals surface area (Å²) in [5.74, 6) is 3.02. The van der Waals surface area contributed by atoms with Gasteiger partial charge in [-0.15, -0.1) is 24.0 Å². The Morgan fingerprint density at radius 2 is 1.93 bits per heavy atom. The standard InChI is InChI=1S/C20H26N4O2.HI/c1-21-20(24-13-17-5-3-4-6-18(17)25-2)23-12-16-9-10-19(22-11-16)26-14-15-7-8-15;/h3-6,9-11,15H,7-8,12-14H2,1-2H3,(H2,21,23,24);1H. The number of ether oxygens (including phenoxy) is 2. The molecule has 2 aromatic rings. The van der Waals surface area contributed by atoms with Gasteiger partial charge in [-0.2, -0.15) is 0 Å². The molecule has 27 heavy (non-hydrogen) atoms. The number of guanidine groups is 1. The first-order valence-electron chi connectivity index (χ1n) is 8.92. The van der Waals surface area contributed by atoms with E-state index in [1.165, 1.54) is 12.8 Å². The van der Waals surface area contributed by atoms with E-state index in [1.54, 1.807) is 14.2 Å². The molecule has 0 aliphatic heterocycles. The number of hydrogen-bond donors (Lipinski definition) is 2. The van der Waals surface area contributed by atoms with Crippen LogP contribution in [0.2, 0.25) is 0 Å². The van der Waals surface area contributed by atoms with Gasteiger partial charge >= 0.3 is 0 Å². The Morgan fingerprint density at radius 3 is 2.59 bits per heavy atom. The lowest BCUT2D eigenvalue weighted by Crippen LogP contribution is -2.36. The maximum atomic E-state index is 5.66. The number of rotatable bonds is 8. The van der Waals surface area contributed by atoms with Gasteiger partial charge in [0.25, 0.3) is 0 Å². The van der Waals surface area contributed by atoms with Crippen LogP contribution in [0.1, 0.15) is 24.0 Å². The Labute approximate surface area is 177 Å². The summed E-state index contributed by atoms with van der Waals surface area (Å²) in [6.45, 7) is 2.06. The van der Waals surface area contributed by atoms with Crippen molar-refractivity contribution in [1.82, 2.24) is 15.6 Å². The summed E-state index contributed by atoms with van der Waals surface area (Å²) in [5, 5.41) is 6.59. The van der Waals surface area contributed by atoms with E-state index >= 15 is 0 Å². The topological polar surface area (TPSA) is 67.8 Å². The molecule has 1 saturated carbocycles. The highest BCUT2D eigenvalue weighted by Gasteiger charge is 2.22. The minimum Gasteiger partial charge on any atom is -0.496 e. The summed E-state index contributed by atoms with van der Waals surface area (Å²) in [7, 11) is 3.43. The van der Waals surface area contributed by atoms with Crippen molar-refractivity contribution in [3.63, 3.8) is 0 Å². The zero-order valence-corrected chi connectivity index (χ0v) is 18.1. The second-order valence-electron chi connectivity index (χ2n) is 6.35. The third-order valence-corrected chi connectivity index (χ3v) is 4.28. The van der Waals surface area contributed by atoms with Gasteiger partial charge in [0, 0.05) is 38.0 Å². The van der Waals surface area contributed by atoms with Crippen molar-refractivity contribution in [2.75, 3.05) is 20.8 Å². The third-order valence-electron chi connectivity index (χ3n) is 4.28. The molecule has 0 spiro atoms. The molecule has 7 heteroatoms. The van der Waals surface area contributed by atoms with Crippen LogP contribution in [-0.4, -0.2) is 31.7 Å². The lowest BCUT2D eigenvalue weighted by Gasteiger charge is -2.14. The van der Waals surface area contributed by atoms with Crippen LogP contribution >= 0.6 is 24.0 Å². The van der Waals surface area contributed by atoms with E-state index in [4.69, 9.17) is 9.47 Å². The Bertz CT molecular complexity index is 733. The Hall–Kier alpha value is -2.03. The van der Waals surface area contributed by atoms with Crippen molar-refractivity contribution in [2.24, 2.45) is 10.9 Å². The maximum Gasteiger partial charge on any atom is 0.213 e. The van der Waals surface area contributed by atoms with Crippen LogP contribution < -0.4 is 20.1 Å². The van der Waals surface area contributed by atoms with Gasteiger partial charge in [-0.05, 0) is 30.4 Å². The fourth-order valence-electron chi connectivity index (χ4n) is 2.52. The molecule has 1 aromatic heterocycles. The van der Waals surface area contributed by atoms with Crippen LogP contribution in [0.25, 0.3) is 0 Å². The van der Waals surface area contributed by atoms with Crippen molar-refractivity contribution >= 4 is 29.9 Å². The predicted octanol–water partition coefficient (Wildman–Crippen LogP) is 3.36. The van der Waals surface area contributed by atoms with Crippen LogP contribution in [0, 0.1) is 5.92 Å². The molecule has 6 nitrogen and oxygen atoms in total. The first-order chi connectivity index (χ1) is 12.8. The molecule has 1 aliphatic rings. The van der Waals surface area contributed by atoms with Gasteiger partial charge in [-0.3, -0.25) is 4.99 Å². The molecule has 146 valence electrons. The van der Waals surface area contributed by atoms with Gasteiger partial charge in [0.05, 0.1) is 13.7 Å². The number of aliphatic imine (C=N–C) groups is 1. The van der Waals surface area contributed by atoms with E-state index in [-0.39, 0.29) is 24.0 Å². The number of nitrogens with zero attached hydrogens (tertiary/aromatic N) is 2. The van der Waals surface area contributed by atoms with Gasteiger partial charge in [0.15, 0.2) is 5.96 Å². The van der Waals surface area contributed by atoms with E-state index in [1.807, 2.05) is 42.6 Å². The SMILES string of the molecule is CN=C(NCc1ccc(OCC2CC2)nc1)NCc1ccccc1OC.I. The van der Waals surface area contributed by atoms with Crippen LogP contribution in [0.15, 0.2) is 47.6 Å². The van der Waals surface area contributed by atoms with E-state index in [2.05, 4.69) is 20.6 Å². The molecule has 0 saturated heterocycles. The molecule has 1 aromatic carbocycles. The Morgan fingerprint density at radius 1 is 1.15 bits per heavy atom. The zero-order chi connectivity index (χ0) is 18.2. The molecule has 3 rings (SSSR count). The summed E-state index contributed by atoms with van der Waals surface area (Å²) in [6, 6.07) is 11.9. The minimum absolute atomic E-state index is 0. The molecule has 1 fully saturated rings. The number of para-hydroxylation sites is 1. The highest BCUT2D eigenvalue weighted by Crippen LogP contribution is 2.29. The predicted molar refractivity (Wildman–Crippen MR) is 118 cm³/mol. The highest BCUT2D eigenvalue weighted by molar-refractivity contribution is 14.0. The lowest BCUT2D eigenvalue weighted by atomic mass is 10.2. The quantitative estimate of drug-likeness (QED) is 0.343. The molecule has 0 amide bonds. The summed E-state index contributed by atoms with van der Waals surface area (Å²) in [4.78, 5) is 8.61. The van der Waals surface area contributed by atoms with E-state index in [0.717, 1.165) is 35.4 Å². The van der Waals surface area contributed by atoms with Crippen molar-refractivity contribution in [3.05, 3.63) is 53.7 Å². The minimum atomic E-state index is 0. The molecular weight excluding hydrogens is 455 g/mol. The number of aromatic nitrogens is 1. The molecule has 0 radical (unpaired) electrons. The average molecular weight is 482 g/mol.